The van der Waals surface area contributed by atoms with Crippen molar-refractivity contribution >= 4 is 35.0 Å². The first-order chi connectivity index (χ1) is 12.9. The fourth-order valence-electron chi connectivity index (χ4n) is 4.64. The van der Waals surface area contributed by atoms with Gasteiger partial charge in [-0.25, -0.2) is 0 Å². The van der Waals surface area contributed by atoms with E-state index in [1.807, 2.05) is 0 Å². The molecule has 1 saturated carbocycles. The monoisotopic (exact) mass is 369 g/mol. The van der Waals surface area contributed by atoms with Crippen LogP contribution in [0, 0.1) is 5.41 Å². The molecule has 0 aromatic heterocycles. The Balaban J connectivity index is 1.60. The van der Waals surface area contributed by atoms with Gasteiger partial charge in [0, 0.05) is 18.9 Å². The number of nitrogens with zero attached hydrogens (tertiary/aromatic N) is 2. The van der Waals surface area contributed by atoms with Crippen molar-refractivity contribution in [3.05, 3.63) is 24.3 Å². The van der Waals surface area contributed by atoms with Crippen LogP contribution in [0.1, 0.15) is 45.4 Å². The van der Waals surface area contributed by atoms with Crippen LogP contribution in [-0.4, -0.2) is 41.1 Å². The first-order valence-electron chi connectivity index (χ1n) is 9.47. The second-order valence-electron chi connectivity index (χ2n) is 7.83. The zero-order valence-electron chi connectivity index (χ0n) is 15.4. The molecule has 0 radical (unpaired) electrons. The van der Waals surface area contributed by atoms with Crippen LogP contribution in [0.4, 0.5) is 11.4 Å². The van der Waals surface area contributed by atoms with Crippen molar-refractivity contribution < 1.29 is 19.2 Å². The summed E-state index contributed by atoms with van der Waals surface area (Å²) in [6.45, 7) is 1.53. The molecule has 4 rings (SSSR count). The van der Waals surface area contributed by atoms with E-state index < -0.39 is 5.41 Å². The number of nitrogens with one attached hydrogen (secondary N) is 1. The van der Waals surface area contributed by atoms with Gasteiger partial charge in [-0.2, -0.15) is 0 Å². The number of hydrogen-bond acceptors (Lipinski definition) is 4. The van der Waals surface area contributed by atoms with Crippen molar-refractivity contribution in [2.24, 2.45) is 5.41 Å². The largest absolute Gasteiger partial charge is 0.324 e. The average molecular weight is 369 g/mol. The third-order valence-corrected chi connectivity index (χ3v) is 5.97. The molecule has 1 aliphatic carbocycles. The molecule has 7 heteroatoms. The van der Waals surface area contributed by atoms with Crippen LogP contribution in [0.25, 0.3) is 0 Å². The molecule has 1 aromatic rings. The molecule has 3 aliphatic rings. The molecule has 2 aliphatic heterocycles. The molecule has 27 heavy (non-hydrogen) atoms. The van der Waals surface area contributed by atoms with Crippen LogP contribution in [0.5, 0.6) is 0 Å². The second kappa shape index (κ2) is 6.48. The summed E-state index contributed by atoms with van der Waals surface area (Å²) in [5.41, 5.74) is 0.569. The van der Waals surface area contributed by atoms with Crippen LogP contribution in [0.2, 0.25) is 0 Å². The molecule has 1 saturated heterocycles. The van der Waals surface area contributed by atoms with Gasteiger partial charge in [-0.05, 0) is 31.9 Å². The summed E-state index contributed by atoms with van der Waals surface area (Å²) in [5, 5.41) is 2.81. The maximum atomic E-state index is 13.1. The van der Waals surface area contributed by atoms with Crippen molar-refractivity contribution in [2.75, 3.05) is 16.8 Å². The molecule has 1 aromatic carbocycles. The molecule has 1 atom stereocenters. The lowest BCUT2D eigenvalue weighted by molar-refractivity contribution is -0.144. The Hall–Kier alpha value is -2.70. The topological polar surface area (TPSA) is 86.8 Å². The minimum Gasteiger partial charge on any atom is -0.324 e. The average Bonchev–Trinajstić information content (AvgIpc) is 3.13. The molecule has 0 bridgehead atoms. The zero-order chi connectivity index (χ0) is 19.2. The van der Waals surface area contributed by atoms with Gasteiger partial charge < -0.3 is 10.2 Å². The highest BCUT2D eigenvalue weighted by molar-refractivity contribution is 6.11. The maximum absolute atomic E-state index is 13.1. The van der Waals surface area contributed by atoms with E-state index in [-0.39, 0.29) is 49.1 Å². The van der Waals surface area contributed by atoms with Gasteiger partial charge in [0.15, 0.2) is 0 Å². The van der Waals surface area contributed by atoms with Crippen LogP contribution in [-0.2, 0) is 19.2 Å². The normalized spacial score (nSPS) is 24.2. The second-order valence-corrected chi connectivity index (χ2v) is 7.83. The molecule has 4 amide bonds. The number of carbonyl (C=O) groups is 4. The summed E-state index contributed by atoms with van der Waals surface area (Å²) in [6, 6.07) is 6.72. The molecule has 2 fully saturated rings. The number of fused-ring (bicyclic) bond motifs is 1. The summed E-state index contributed by atoms with van der Waals surface area (Å²) in [7, 11) is 0. The molecule has 1 unspecified atom stereocenters. The summed E-state index contributed by atoms with van der Waals surface area (Å²) < 4.78 is 0. The van der Waals surface area contributed by atoms with Crippen molar-refractivity contribution in [1.29, 1.82) is 0 Å². The van der Waals surface area contributed by atoms with Crippen LogP contribution >= 0.6 is 0 Å². The minimum atomic E-state index is -0.586. The third-order valence-electron chi connectivity index (χ3n) is 5.97. The lowest BCUT2D eigenvalue weighted by Crippen LogP contribution is -2.47. The smallest absolute Gasteiger partial charge is 0.247 e. The van der Waals surface area contributed by atoms with E-state index in [9.17, 15) is 19.2 Å². The summed E-state index contributed by atoms with van der Waals surface area (Å²) in [5.74, 6) is -0.977. The predicted molar refractivity (Wildman–Crippen MR) is 98.9 cm³/mol. The van der Waals surface area contributed by atoms with Gasteiger partial charge in [-0.3, -0.25) is 24.1 Å². The highest BCUT2D eigenvalue weighted by Gasteiger charge is 2.53. The molecular formula is C20H23N3O4. The Kier molecular flexibility index (Phi) is 4.25. The van der Waals surface area contributed by atoms with Crippen LogP contribution in [0.3, 0.4) is 0 Å². The van der Waals surface area contributed by atoms with E-state index in [4.69, 9.17) is 0 Å². The number of anilines is 2. The number of hydrogen-bond donors (Lipinski definition) is 1. The molecule has 2 heterocycles. The van der Waals surface area contributed by atoms with Crippen LogP contribution in [0.15, 0.2) is 24.3 Å². The fraction of sp³-hybridized carbons (Fsp3) is 0.500. The Labute approximate surface area is 157 Å². The highest BCUT2D eigenvalue weighted by atomic mass is 16.2. The Morgan fingerprint density at radius 2 is 1.89 bits per heavy atom. The van der Waals surface area contributed by atoms with Gasteiger partial charge in [0.05, 0.1) is 16.8 Å². The van der Waals surface area contributed by atoms with E-state index in [1.54, 1.807) is 31.2 Å². The Bertz CT molecular complexity index is 828. The van der Waals surface area contributed by atoms with Gasteiger partial charge in [-0.1, -0.05) is 25.0 Å². The van der Waals surface area contributed by atoms with Gasteiger partial charge in [-0.15, -0.1) is 0 Å². The summed E-state index contributed by atoms with van der Waals surface area (Å²) in [6.07, 6.45) is 3.72. The van der Waals surface area contributed by atoms with Gasteiger partial charge >= 0.3 is 0 Å². The molecule has 7 nitrogen and oxygen atoms in total. The number of carbonyl (C=O) groups excluding carboxylic acids is 4. The SMILES string of the molecule is CC1CC(=O)Nc2ccccc2N1C(=O)CN1C(=O)CC2(CCCC2)C1=O. The van der Waals surface area contributed by atoms with Crippen molar-refractivity contribution in [3.8, 4) is 0 Å². The number of amides is 4. The van der Waals surface area contributed by atoms with E-state index >= 15 is 0 Å². The Morgan fingerprint density at radius 3 is 2.63 bits per heavy atom. The van der Waals surface area contributed by atoms with E-state index in [1.165, 1.54) is 4.90 Å². The van der Waals surface area contributed by atoms with E-state index in [2.05, 4.69) is 5.32 Å². The molecular weight excluding hydrogens is 346 g/mol. The van der Waals surface area contributed by atoms with Crippen molar-refractivity contribution in [3.63, 3.8) is 0 Å². The predicted octanol–water partition coefficient (Wildman–Crippen LogP) is 2.07. The first kappa shape index (κ1) is 17.7. The maximum Gasteiger partial charge on any atom is 0.247 e. The van der Waals surface area contributed by atoms with Gasteiger partial charge in [0.2, 0.25) is 23.6 Å². The van der Waals surface area contributed by atoms with Crippen molar-refractivity contribution in [1.82, 2.24) is 4.90 Å². The molecule has 1 N–H and O–H groups in total. The first-order valence-corrected chi connectivity index (χ1v) is 9.47. The zero-order valence-corrected chi connectivity index (χ0v) is 15.4. The number of rotatable bonds is 2. The third kappa shape index (κ3) is 2.91. The minimum absolute atomic E-state index is 0.159. The number of para-hydroxylation sites is 2. The summed E-state index contributed by atoms with van der Waals surface area (Å²) in [4.78, 5) is 53.2. The number of likely N-dealkylation sites (tertiary alicyclic amines) is 1. The lowest BCUT2D eigenvalue weighted by atomic mass is 9.84. The number of imide groups is 1. The lowest BCUT2D eigenvalue weighted by Gasteiger charge is -2.29. The van der Waals surface area contributed by atoms with E-state index in [0.717, 1.165) is 30.6 Å². The number of benzene rings is 1. The van der Waals surface area contributed by atoms with Gasteiger partial charge in [0.25, 0.3) is 0 Å². The fourth-order valence-corrected chi connectivity index (χ4v) is 4.64. The standard InChI is InChI=1S/C20H23N3O4/c1-13-10-16(24)21-14-6-2-3-7-15(14)23(13)18(26)12-22-17(25)11-20(19(22)27)8-4-5-9-20/h2-3,6-7,13H,4-5,8-12H2,1H3,(H,21,24). The quantitative estimate of drug-likeness (QED) is 0.809. The van der Waals surface area contributed by atoms with E-state index in [0.29, 0.717) is 11.4 Å². The Morgan fingerprint density at radius 1 is 1.19 bits per heavy atom. The van der Waals surface area contributed by atoms with Gasteiger partial charge in [0.1, 0.15) is 6.54 Å². The highest BCUT2D eigenvalue weighted by Crippen LogP contribution is 2.46. The molecule has 142 valence electrons. The van der Waals surface area contributed by atoms with Crippen molar-refractivity contribution in [2.45, 2.75) is 51.5 Å². The molecule has 1 spiro atoms. The summed E-state index contributed by atoms with van der Waals surface area (Å²) >= 11 is 0. The van der Waals surface area contributed by atoms with Crippen LogP contribution < -0.4 is 10.2 Å².